The van der Waals surface area contributed by atoms with E-state index in [0.29, 0.717) is 13.2 Å². The summed E-state index contributed by atoms with van der Waals surface area (Å²) in [6.45, 7) is 4.61. The third-order valence-corrected chi connectivity index (χ3v) is 4.81. The van der Waals surface area contributed by atoms with E-state index in [0.717, 1.165) is 0 Å². The van der Waals surface area contributed by atoms with Crippen LogP contribution >= 0.6 is 0 Å². The van der Waals surface area contributed by atoms with Gasteiger partial charge in [0.05, 0.1) is 38.6 Å². The number of aliphatic carboxylic acids is 1. The molecule has 1 rings (SSSR count). The average Bonchev–Trinajstić information content (AvgIpc) is 2.86. The van der Waals surface area contributed by atoms with Gasteiger partial charge in [0.15, 0.2) is 0 Å². The zero-order valence-corrected chi connectivity index (χ0v) is 21.0. The van der Waals surface area contributed by atoms with E-state index >= 15 is 0 Å². The molecule has 212 valence electrons. The van der Waals surface area contributed by atoms with Gasteiger partial charge >= 0.3 is 12.1 Å². The Morgan fingerprint density at radius 3 is 2.33 bits per heavy atom. The molecular formula is C21H40N2O13. The van der Waals surface area contributed by atoms with Gasteiger partial charge in [0.25, 0.3) is 5.79 Å². The van der Waals surface area contributed by atoms with Crippen molar-refractivity contribution in [1.29, 1.82) is 0 Å². The van der Waals surface area contributed by atoms with Crippen LogP contribution in [-0.2, 0) is 33.3 Å². The van der Waals surface area contributed by atoms with Crippen LogP contribution in [0.2, 0.25) is 0 Å². The first-order chi connectivity index (χ1) is 17.1. The van der Waals surface area contributed by atoms with Gasteiger partial charge in [0.1, 0.15) is 31.5 Å². The van der Waals surface area contributed by atoms with E-state index in [9.17, 15) is 34.8 Å². The van der Waals surface area contributed by atoms with E-state index in [1.165, 1.54) is 14.0 Å². The van der Waals surface area contributed by atoms with Gasteiger partial charge in [-0.05, 0) is 6.92 Å². The second kappa shape index (κ2) is 18.2. The number of hydrogen-bond donors (Lipinski definition) is 7. The maximum absolute atomic E-state index is 12.3. The molecule has 0 aliphatic carbocycles. The monoisotopic (exact) mass is 528 g/mol. The first kappa shape index (κ1) is 33.9. The Morgan fingerprint density at radius 2 is 1.78 bits per heavy atom. The third-order valence-electron chi connectivity index (χ3n) is 4.81. The van der Waals surface area contributed by atoms with Crippen molar-refractivity contribution in [1.82, 2.24) is 10.6 Å². The standard InChI is InChI=1S/C19H34N2O13.C2H6/c1-3-33-19(17(27)28)8-11(23)14(16(34-19)15(26)12(24)10-22)21-13(25)9-20-18(29)32-7-6-31-5-4-30-2;1-2/h11-12,14-16,22-24,26H,3-10H2,1-2H3,(H,20,29)(H,21,25)(H,27,28);1-2H3/t11-,12-,14-,15-,16?,19-;/m1./s1. The van der Waals surface area contributed by atoms with Crippen molar-refractivity contribution >= 4 is 18.0 Å². The average molecular weight is 529 g/mol. The van der Waals surface area contributed by atoms with Gasteiger partial charge in [-0.25, -0.2) is 9.59 Å². The lowest BCUT2D eigenvalue weighted by molar-refractivity contribution is -0.310. The van der Waals surface area contributed by atoms with Crippen molar-refractivity contribution in [3.05, 3.63) is 0 Å². The van der Waals surface area contributed by atoms with Crippen molar-refractivity contribution in [3.8, 4) is 0 Å². The molecule has 1 heterocycles. The molecule has 1 saturated heterocycles. The molecule has 15 nitrogen and oxygen atoms in total. The number of hydrogen-bond acceptors (Lipinski definition) is 12. The minimum atomic E-state index is -2.36. The number of carbonyl (C=O) groups is 3. The number of methoxy groups -OCH3 is 1. The smallest absolute Gasteiger partial charge is 0.407 e. The molecule has 15 heteroatoms. The Kier molecular flexibility index (Phi) is 17.1. The minimum Gasteiger partial charge on any atom is -0.477 e. The molecule has 0 aromatic heterocycles. The largest absolute Gasteiger partial charge is 0.477 e. The molecule has 1 fully saturated rings. The van der Waals surface area contributed by atoms with Crippen LogP contribution < -0.4 is 10.6 Å². The summed E-state index contributed by atoms with van der Waals surface area (Å²) in [7, 11) is 1.51. The Balaban J connectivity index is 0.00000596. The van der Waals surface area contributed by atoms with E-state index in [1.54, 1.807) is 0 Å². The van der Waals surface area contributed by atoms with Crippen LogP contribution in [0.15, 0.2) is 0 Å². The fourth-order valence-electron chi connectivity index (χ4n) is 3.15. The highest BCUT2D eigenvalue weighted by Gasteiger charge is 2.55. The molecule has 1 unspecified atom stereocenters. The maximum Gasteiger partial charge on any atom is 0.407 e. The lowest BCUT2D eigenvalue weighted by atomic mass is 9.88. The fraction of sp³-hybridized carbons (Fsp3) is 0.857. The number of rotatable bonds is 15. The molecule has 2 amide bonds. The highest BCUT2D eigenvalue weighted by molar-refractivity contribution is 5.82. The van der Waals surface area contributed by atoms with E-state index < -0.39 is 73.8 Å². The summed E-state index contributed by atoms with van der Waals surface area (Å²) in [5.74, 6) is -4.79. The first-order valence-corrected chi connectivity index (χ1v) is 11.6. The Labute approximate surface area is 209 Å². The van der Waals surface area contributed by atoms with Crippen molar-refractivity contribution in [2.24, 2.45) is 0 Å². The van der Waals surface area contributed by atoms with Gasteiger partial charge in [0, 0.05) is 20.1 Å². The van der Waals surface area contributed by atoms with Crippen LogP contribution in [0, 0.1) is 0 Å². The summed E-state index contributed by atoms with van der Waals surface area (Å²) >= 11 is 0. The highest BCUT2D eigenvalue weighted by Crippen LogP contribution is 2.33. The number of carbonyl (C=O) groups excluding carboxylic acids is 2. The highest BCUT2D eigenvalue weighted by atomic mass is 16.7. The lowest BCUT2D eigenvalue weighted by Crippen LogP contribution is -2.68. The number of amides is 2. The van der Waals surface area contributed by atoms with E-state index in [4.69, 9.17) is 28.8 Å². The molecule has 1 aliphatic rings. The fourth-order valence-corrected chi connectivity index (χ4v) is 3.15. The molecule has 1 aliphatic heterocycles. The predicted molar refractivity (Wildman–Crippen MR) is 122 cm³/mol. The van der Waals surface area contributed by atoms with E-state index in [-0.39, 0.29) is 19.8 Å². The van der Waals surface area contributed by atoms with E-state index in [1.807, 2.05) is 13.8 Å². The number of ether oxygens (including phenoxy) is 5. The summed E-state index contributed by atoms with van der Waals surface area (Å²) in [5, 5.41) is 54.0. The predicted octanol–water partition coefficient (Wildman–Crippen LogP) is -2.43. The number of aliphatic hydroxyl groups is 4. The maximum atomic E-state index is 12.3. The van der Waals surface area contributed by atoms with Crippen molar-refractivity contribution in [2.75, 3.05) is 53.3 Å². The number of aliphatic hydroxyl groups excluding tert-OH is 4. The lowest BCUT2D eigenvalue weighted by Gasteiger charge is -2.46. The van der Waals surface area contributed by atoms with Gasteiger partial charge in [0.2, 0.25) is 5.91 Å². The quantitative estimate of drug-likeness (QED) is 0.110. The second-order valence-electron chi connectivity index (χ2n) is 7.27. The SMILES string of the molecule is CC.CCO[C@]1(C(=O)O)C[C@@H](O)[C@@H](NC(=O)CNC(=O)OCCOCCOC)C([C@H](O)[C@H](O)CO)O1. The van der Waals surface area contributed by atoms with Crippen LogP contribution in [0.1, 0.15) is 27.2 Å². The molecule has 0 aromatic carbocycles. The summed E-state index contributed by atoms with van der Waals surface area (Å²) in [6.07, 6.45) is -8.49. The number of carboxylic acid groups (broad SMARTS) is 1. The van der Waals surface area contributed by atoms with Crippen molar-refractivity contribution in [3.63, 3.8) is 0 Å². The topological polar surface area (TPSA) is 223 Å². The molecule has 0 bridgehead atoms. The summed E-state index contributed by atoms with van der Waals surface area (Å²) in [6, 6.07) is -1.41. The minimum absolute atomic E-state index is 0.0750. The van der Waals surface area contributed by atoms with Gasteiger partial charge in [-0.3, -0.25) is 4.79 Å². The van der Waals surface area contributed by atoms with Crippen LogP contribution in [0.3, 0.4) is 0 Å². The Bertz CT molecular complexity index is 653. The number of carboxylic acids is 1. The molecule has 0 spiro atoms. The van der Waals surface area contributed by atoms with Crippen LogP contribution in [0.4, 0.5) is 4.79 Å². The zero-order chi connectivity index (χ0) is 27.7. The molecule has 0 saturated carbocycles. The van der Waals surface area contributed by atoms with Gasteiger partial charge in [-0.1, -0.05) is 13.8 Å². The first-order valence-electron chi connectivity index (χ1n) is 11.6. The molecular weight excluding hydrogens is 488 g/mol. The van der Waals surface area contributed by atoms with Crippen molar-refractivity contribution in [2.45, 2.75) is 63.4 Å². The van der Waals surface area contributed by atoms with E-state index in [2.05, 4.69) is 10.6 Å². The summed E-state index contributed by atoms with van der Waals surface area (Å²) in [4.78, 5) is 35.8. The number of nitrogens with one attached hydrogen (secondary N) is 2. The van der Waals surface area contributed by atoms with Crippen LogP contribution in [0.5, 0.6) is 0 Å². The summed E-state index contributed by atoms with van der Waals surface area (Å²) < 4.78 is 25.3. The van der Waals surface area contributed by atoms with Crippen LogP contribution in [0.25, 0.3) is 0 Å². The molecule has 0 aromatic rings. The Hall–Kier alpha value is -2.11. The molecule has 7 N–H and O–H groups in total. The van der Waals surface area contributed by atoms with Gasteiger partial charge < -0.3 is 59.9 Å². The van der Waals surface area contributed by atoms with Gasteiger partial charge in [-0.15, -0.1) is 0 Å². The number of alkyl carbamates (subject to hydrolysis) is 1. The van der Waals surface area contributed by atoms with Gasteiger partial charge in [-0.2, -0.15) is 0 Å². The molecule has 36 heavy (non-hydrogen) atoms. The normalized spacial score (nSPS) is 25.1. The molecule has 0 radical (unpaired) electrons. The third kappa shape index (κ3) is 10.9. The Morgan fingerprint density at radius 1 is 1.14 bits per heavy atom. The van der Waals surface area contributed by atoms with Crippen molar-refractivity contribution < 1.29 is 63.6 Å². The second-order valence-corrected chi connectivity index (χ2v) is 7.27. The zero-order valence-electron chi connectivity index (χ0n) is 21.0. The van der Waals surface area contributed by atoms with Crippen LogP contribution in [-0.4, -0.2) is 133 Å². The summed E-state index contributed by atoms with van der Waals surface area (Å²) in [5.41, 5.74) is 0. The molecule has 6 atom stereocenters.